The van der Waals surface area contributed by atoms with Crippen molar-refractivity contribution < 1.29 is 14.7 Å². The zero-order valence-electron chi connectivity index (χ0n) is 11.9. The van der Waals surface area contributed by atoms with Crippen LogP contribution in [0, 0.1) is 5.92 Å². The van der Waals surface area contributed by atoms with Crippen molar-refractivity contribution in [3.8, 4) is 0 Å². The molecule has 5 nitrogen and oxygen atoms in total. The SMILES string of the molecule is CC(NC(=O)CCC(N)c1ccccc1)C(C)C(=O)O. The van der Waals surface area contributed by atoms with E-state index in [1.165, 1.54) is 0 Å². The minimum Gasteiger partial charge on any atom is -0.481 e. The van der Waals surface area contributed by atoms with Crippen molar-refractivity contribution in [2.75, 3.05) is 0 Å². The standard InChI is InChI=1S/C15H22N2O3/c1-10(15(19)20)11(2)17-14(18)9-8-13(16)12-6-4-3-5-7-12/h3-7,10-11,13H,8-9,16H2,1-2H3,(H,17,18)(H,19,20). The number of nitrogens with two attached hydrogens (primary N) is 1. The predicted octanol–water partition coefficient (Wildman–Crippen LogP) is 1.69. The van der Waals surface area contributed by atoms with Crippen molar-refractivity contribution >= 4 is 11.9 Å². The normalized spacial score (nSPS) is 15.2. The van der Waals surface area contributed by atoms with Crippen LogP contribution in [0.4, 0.5) is 0 Å². The molecule has 0 heterocycles. The van der Waals surface area contributed by atoms with Gasteiger partial charge >= 0.3 is 5.97 Å². The van der Waals surface area contributed by atoms with Crippen LogP contribution < -0.4 is 11.1 Å². The van der Waals surface area contributed by atoms with Crippen LogP contribution in [-0.2, 0) is 9.59 Å². The molecule has 0 aliphatic heterocycles. The first-order chi connectivity index (χ1) is 9.41. The maximum Gasteiger partial charge on any atom is 0.308 e. The van der Waals surface area contributed by atoms with E-state index in [9.17, 15) is 9.59 Å². The number of carboxylic acids is 1. The van der Waals surface area contributed by atoms with E-state index in [0.29, 0.717) is 6.42 Å². The molecule has 0 fully saturated rings. The Balaban J connectivity index is 2.38. The van der Waals surface area contributed by atoms with Crippen molar-refractivity contribution in [3.63, 3.8) is 0 Å². The quantitative estimate of drug-likeness (QED) is 0.707. The first-order valence-electron chi connectivity index (χ1n) is 6.74. The molecule has 3 atom stereocenters. The Kier molecular flexibility index (Phi) is 6.18. The lowest BCUT2D eigenvalue weighted by molar-refractivity contribution is -0.142. The number of carbonyl (C=O) groups excluding carboxylic acids is 1. The molecule has 0 aliphatic carbocycles. The molecule has 1 aromatic carbocycles. The number of hydrogen-bond donors (Lipinski definition) is 3. The van der Waals surface area contributed by atoms with E-state index in [1.54, 1.807) is 13.8 Å². The molecular formula is C15H22N2O3. The van der Waals surface area contributed by atoms with Gasteiger partial charge in [-0.15, -0.1) is 0 Å². The van der Waals surface area contributed by atoms with Gasteiger partial charge in [-0.2, -0.15) is 0 Å². The van der Waals surface area contributed by atoms with Crippen LogP contribution in [0.2, 0.25) is 0 Å². The number of hydrogen-bond acceptors (Lipinski definition) is 3. The molecular weight excluding hydrogens is 256 g/mol. The number of rotatable bonds is 7. The van der Waals surface area contributed by atoms with Crippen molar-refractivity contribution in [1.82, 2.24) is 5.32 Å². The second-order valence-electron chi connectivity index (χ2n) is 5.04. The summed E-state index contributed by atoms with van der Waals surface area (Å²) in [5, 5.41) is 11.6. The molecule has 5 heteroatoms. The van der Waals surface area contributed by atoms with Crippen molar-refractivity contribution in [2.24, 2.45) is 11.7 Å². The topological polar surface area (TPSA) is 92.4 Å². The Hall–Kier alpha value is -1.88. The van der Waals surface area contributed by atoms with Gasteiger partial charge in [0.1, 0.15) is 0 Å². The highest BCUT2D eigenvalue weighted by Crippen LogP contribution is 2.15. The fourth-order valence-electron chi connectivity index (χ4n) is 1.82. The van der Waals surface area contributed by atoms with Crippen LogP contribution >= 0.6 is 0 Å². The summed E-state index contributed by atoms with van der Waals surface area (Å²) in [7, 11) is 0. The van der Waals surface area contributed by atoms with Gasteiger partial charge in [-0.05, 0) is 25.8 Å². The molecule has 1 rings (SSSR count). The second kappa shape index (κ2) is 7.65. The van der Waals surface area contributed by atoms with Crippen molar-refractivity contribution in [3.05, 3.63) is 35.9 Å². The van der Waals surface area contributed by atoms with Gasteiger partial charge in [0.25, 0.3) is 0 Å². The second-order valence-corrected chi connectivity index (χ2v) is 5.04. The minimum atomic E-state index is -0.918. The highest BCUT2D eigenvalue weighted by atomic mass is 16.4. The first kappa shape index (κ1) is 16.2. The van der Waals surface area contributed by atoms with Gasteiger partial charge in [0.05, 0.1) is 5.92 Å². The highest BCUT2D eigenvalue weighted by molar-refractivity contribution is 5.78. The number of carbonyl (C=O) groups is 2. The molecule has 110 valence electrons. The molecule has 0 saturated heterocycles. The Morgan fingerprint density at radius 3 is 2.40 bits per heavy atom. The monoisotopic (exact) mass is 278 g/mol. The third-order valence-electron chi connectivity index (χ3n) is 3.44. The van der Waals surface area contributed by atoms with Crippen molar-refractivity contribution in [2.45, 2.75) is 38.8 Å². The molecule has 4 N–H and O–H groups in total. The highest BCUT2D eigenvalue weighted by Gasteiger charge is 2.21. The third kappa shape index (κ3) is 5.01. The summed E-state index contributed by atoms with van der Waals surface area (Å²) in [6, 6.07) is 9.01. The van der Waals surface area contributed by atoms with Gasteiger partial charge in [0.2, 0.25) is 5.91 Å². The zero-order valence-corrected chi connectivity index (χ0v) is 11.9. The first-order valence-corrected chi connectivity index (χ1v) is 6.74. The number of nitrogens with one attached hydrogen (secondary N) is 1. The van der Waals surface area contributed by atoms with E-state index < -0.39 is 17.9 Å². The predicted molar refractivity (Wildman–Crippen MR) is 77.0 cm³/mol. The molecule has 0 spiro atoms. The van der Waals surface area contributed by atoms with Crippen LogP contribution in [0.1, 0.15) is 38.3 Å². The fraction of sp³-hybridized carbons (Fsp3) is 0.467. The zero-order chi connectivity index (χ0) is 15.1. The lowest BCUT2D eigenvalue weighted by Crippen LogP contribution is -2.40. The number of amides is 1. The molecule has 1 amide bonds. The van der Waals surface area contributed by atoms with Gasteiger partial charge in [-0.25, -0.2) is 0 Å². The summed E-state index contributed by atoms with van der Waals surface area (Å²) in [4.78, 5) is 22.6. The molecule has 0 aromatic heterocycles. The Labute approximate surface area is 119 Å². The lowest BCUT2D eigenvalue weighted by Gasteiger charge is -2.18. The van der Waals surface area contributed by atoms with Gasteiger partial charge in [-0.3, -0.25) is 9.59 Å². The smallest absolute Gasteiger partial charge is 0.308 e. The summed E-state index contributed by atoms with van der Waals surface area (Å²) in [5.74, 6) is -1.70. The van der Waals surface area contributed by atoms with Crippen molar-refractivity contribution in [1.29, 1.82) is 0 Å². The van der Waals surface area contributed by atoms with Crippen LogP contribution in [0.5, 0.6) is 0 Å². The Morgan fingerprint density at radius 2 is 1.85 bits per heavy atom. The van der Waals surface area contributed by atoms with Gasteiger partial charge in [0, 0.05) is 18.5 Å². The number of aliphatic carboxylic acids is 1. The van der Waals surface area contributed by atoms with Crippen LogP contribution in [0.15, 0.2) is 30.3 Å². The maximum absolute atomic E-state index is 11.8. The number of carboxylic acid groups (broad SMARTS) is 1. The van der Waals surface area contributed by atoms with E-state index in [2.05, 4.69) is 5.32 Å². The average molecular weight is 278 g/mol. The maximum atomic E-state index is 11.8. The number of benzene rings is 1. The molecule has 0 aliphatic rings. The third-order valence-corrected chi connectivity index (χ3v) is 3.44. The summed E-state index contributed by atoms with van der Waals surface area (Å²) in [6.45, 7) is 3.26. The summed E-state index contributed by atoms with van der Waals surface area (Å²) < 4.78 is 0. The Bertz CT molecular complexity index is 448. The fourth-order valence-corrected chi connectivity index (χ4v) is 1.82. The van der Waals surface area contributed by atoms with E-state index >= 15 is 0 Å². The van der Waals surface area contributed by atoms with E-state index in [1.807, 2.05) is 30.3 Å². The van der Waals surface area contributed by atoms with Gasteiger partial charge < -0.3 is 16.2 Å². The van der Waals surface area contributed by atoms with Crippen LogP contribution in [0.3, 0.4) is 0 Å². The molecule has 1 aromatic rings. The Morgan fingerprint density at radius 1 is 1.25 bits per heavy atom. The molecule has 20 heavy (non-hydrogen) atoms. The van der Waals surface area contributed by atoms with Crippen LogP contribution in [0.25, 0.3) is 0 Å². The van der Waals surface area contributed by atoms with Gasteiger partial charge in [-0.1, -0.05) is 30.3 Å². The summed E-state index contributed by atoms with van der Waals surface area (Å²) in [6.07, 6.45) is 0.816. The average Bonchev–Trinajstić information content (AvgIpc) is 2.44. The lowest BCUT2D eigenvalue weighted by atomic mass is 10.0. The molecule has 0 radical (unpaired) electrons. The van der Waals surface area contributed by atoms with E-state index in [0.717, 1.165) is 5.56 Å². The van der Waals surface area contributed by atoms with E-state index in [-0.39, 0.29) is 18.4 Å². The van der Waals surface area contributed by atoms with E-state index in [4.69, 9.17) is 10.8 Å². The summed E-state index contributed by atoms with van der Waals surface area (Å²) >= 11 is 0. The minimum absolute atomic E-state index is 0.169. The van der Waals surface area contributed by atoms with Gasteiger partial charge in [0.15, 0.2) is 0 Å². The largest absolute Gasteiger partial charge is 0.481 e. The molecule has 3 unspecified atom stereocenters. The molecule has 0 bridgehead atoms. The summed E-state index contributed by atoms with van der Waals surface area (Å²) in [5.41, 5.74) is 7.00. The molecule has 0 saturated carbocycles. The van der Waals surface area contributed by atoms with Crippen LogP contribution in [-0.4, -0.2) is 23.0 Å².